The van der Waals surface area contributed by atoms with Gasteiger partial charge >= 0.3 is 0 Å². The van der Waals surface area contributed by atoms with Crippen LogP contribution < -0.4 is 11.1 Å². The number of carbonyl (C=O) groups excluding carboxylic acids is 1. The first-order chi connectivity index (χ1) is 10.1. The number of thiocarbonyl (C=S) groups is 1. The second kappa shape index (κ2) is 7.24. The molecule has 0 saturated heterocycles. The molecule has 0 fully saturated rings. The first-order valence-electron chi connectivity index (χ1n) is 6.41. The lowest BCUT2D eigenvalue weighted by atomic mass is 9.98. The summed E-state index contributed by atoms with van der Waals surface area (Å²) in [5.74, 6) is -0.841. The minimum atomic E-state index is -0.624. The smallest absolute Gasteiger partial charge is 0.238 e. The van der Waals surface area contributed by atoms with Crippen molar-refractivity contribution < 1.29 is 4.79 Å². The number of anilines is 1. The number of carbonyl (C=O) groups is 1. The highest BCUT2D eigenvalue weighted by molar-refractivity contribution is 7.98. The second-order valence-electron chi connectivity index (χ2n) is 4.46. The predicted molar refractivity (Wildman–Crippen MR) is 92.8 cm³/mol. The van der Waals surface area contributed by atoms with Crippen LogP contribution in [0.25, 0.3) is 0 Å². The van der Waals surface area contributed by atoms with Gasteiger partial charge < -0.3 is 11.1 Å². The van der Waals surface area contributed by atoms with Crippen LogP contribution in [-0.2, 0) is 4.79 Å². The molecule has 21 heavy (non-hydrogen) atoms. The SMILES string of the molecule is CSc1ccc(NC(=O)C(C(N)=S)c2ccccc2)cc1. The van der Waals surface area contributed by atoms with E-state index >= 15 is 0 Å². The number of benzene rings is 2. The van der Waals surface area contributed by atoms with Gasteiger partial charge in [-0.2, -0.15) is 0 Å². The van der Waals surface area contributed by atoms with Crippen molar-refractivity contribution in [3.63, 3.8) is 0 Å². The highest BCUT2D eigenvalue weighted by Gasteiger charge is 2.23. The number of nitrogens with one attached hydrogen (secondary N) is 1. The van der Waals surface area contributed by atoms with E-state index in [4.69, 9.17) is 18.0 Å². The lowest BCUT2D eigenvalue weighted by Gasteiger charge is -2.16. The summed E-state index contributed by atoms with van der Waals surface area (Å²) < 4.78 is 0. The Bertz CT molecular complexity index is 626. The van der Waals surface area contributed by atoms with E-state index in [0.717, 1.165) is 16.1 Å². The quantitative estimate of drug-likeness (QED) is 0.655. The van der Waals surface area contributed by atoms with Crippen LogP contribution in [0.4, 0.5) is 5.69 Å². The van der Waals surface area contributed by atoms with Crippen molar-refractivity contribution in [1.29, 1.82) is 0 Å². The Morgan fingerprint density at radius 2 is 1.76 bits per heavy atom. The maximum atomic E-state index is 12.4. The maximum Gasteiger partial charge on any atom is 0.238 e. The molecule has 0 spiro atoms. The summed E-state index contributed by atoms with van der Waals surface area (Å²) in [5, 5.41) is 2.86. The fourth-order valence-corrected chi connectivity index (χ4v) is 2.63. The zero-order chi connectivity index (χ0) is 15.2. The lowest BCUT2D eigenvalue weighted by molar-refractivity contribution is -0.116. The molecule has 1 atom stereocenters. The summed E-state index contributed by atoms with van der Waals surface area (Å²) >= 11 is 6.70. The molecule has 0 aliphatic rings. The molecule has 2 aromatic rings. The molecule has 0 aliphatic carbocycles. The third kappa shape index (κ3) is 4.06. The molecular formula is C16H16N2OS2. The molecule has 0 aromatic heterocycles. The van der Waals surface area contributed by atoms with Gasteiger partial charge in [-0.3, -0.25) is 4.79 Å². The molecule has 5 heteroatoms. The van der Waals surface area contributed by atoms with Gasteiger partial charge in [0.2, 0.25) is 5.91 Å². The van der Waals surface area contributed by atoms with E-state index in [2.05, 4.69) is 5.32 Å². The van der Waals surface area contributed by atoms with Gasteiger partial charge in [0.05, 0.1) is 4.99 Å². The van der Waals surface area contributed by atoms with Crippen LogP contribution in [0, 0.1) is 0 Å². The Labute approximate surface area is 133 Å². The van der Waals surface area contributed by atoms with Crippen LogP contribution in [0.5, 0.6) is 0 Å². The predicted octanol–water partition coefficient (Wildman–Crippen LogP) is 3.42. The van der Waals surface area contributed by atoms with E-state index in [-0.39, 0.29) is 10.9 Å². The van der Waals surface area contributed by atoms with Crippen LogP contribution >= 0.6 is 24.0 Å². The summed E-state index contributed by atoms with van der Waals surface area (Å²) in [6.45, 7) is 0. The van der Waals surface area contributed by atoms with Gasteiger partial charge in [0.25, 0.3) is 0 Å². The highest BCUT2D eigenvalue weighted by atomic mass is 32.2. The van der Waals surface area contributed by atoms with Crippen LogP contribution in [0.3, 0.4) is 0 Å². The van der Waals surface area contributed by atoms with Crippen LogP contribution in [0.2, 0.25) is 0 Å². The van der Waals surface area contributed by atoms with Crippen molar-refractivity contribution in [3.8, 4) is 0 Å². The van der Waals surface area contributed by atoms with Gasteiger partial charge in [-0.05, 0) is 36.1 Å². The molecule has 0 bridgehead atoms. The average molecular weight is 316 g/mol. The Hall–Kier alpha value is -1.85. The van der Waals surface area contributed by atoms with Crippen LogP contribution in [0.1, 0.15) is 11.5 Å². The molecular weight excluding hydrogens is 300 g/mol. The van der Waals surface area contributed by atoms with Crippen molar-refractivity contribution in [2.24, 2.45) is 5.73 Å². The third-order valence-corrected chi connectivity index (χ3v) is 4.02. The Balaban J connectivity index is 2.17. The van der Waals surface area contributed by atoms with Gasteiger partial charge in [0.15, 0.2) is 0 Å². The number of nitrogens with two attached hydrogens (primary N) is 1. The summed E-state index contributed by atoms with van der Waals surface area (Å²) in [6.07, 6.45) is 2.01. The molecule has 2 rings (SSSR count). The minimum Gasteiger partial charge on any atom is -0.392 e. The van der Waals surface area contributed by atoms with Crippen LogP contribution in [-0.4, -0.2) is 17.2 Å². The molecule has 0 saturated carbocycles. The zero-order valence-corrected chi connectivity index (χ0v) is 13.2. The van der Waals surface area contributed by atoms with E-state index in [9.17, 15) is 4.79 Å². The van der Waals surface area contributed by atoms with Gasteiger partial charge in [-0.25, -0.2) is 0 Å². The number of amides is 1. The van der Waals surface area contributed by atoms with Gasteiger partial charge in [0.1, 0.15) is 5.92 Å². The molecule has 3 N–H and O–H groups in total. The summed E-state index contributed by atoms with van der Waals surface area (Å²) in [7, 11) is 0. The summed E-state index contributed by atoms with van der Waals surface area (Å²) in [5.41, 5.74) is 7.26. The first kappa shape index (κ1) is 15.5. The van der Waals surface area contributed by atoms with E-state index in [1.807, 2.05) is 60.9 Å². The highest BCUT2D eigenvalue weighted by Crippen LogP contribution is 2.21. The largest absolute Gasteiger partial charge is 0.392 e. The van der Waals surface area contributed by atoms with Crippen molar-refractivity contribution in [2.75, 3.05) is 11.6 Å². The summed E-state index contributed by atoms with van der Waals surface area (Å²) in [4.78, 5) is 13.7. The fraction of sp³-hybridized carbons (Fsp3) is 0.125. The standard InChI is InChI=1S/C16H16N2OS2/c1-21-13-9-7-12(8-10-13)18-16(19)14(15(17)20)11-5-3-2-4-6-11/h2-10,14H,1H3,(H2,17,20)(H,18,19). The lowest BCUT2D eigenvalue weighted by Crippen LogP contribution is -2.31. The van der Waals surface area contributed by atoms with Crippen molar-refractivity contribution in [1.82, 2.24) is 0 Å². The maximum absolute atomic E-state index is 12.4. The van der Waals surface area contributed by atoms with Gasteiger partial charge in [0, 0.05) is 10.6 Å². The van der Waals surface area contributed by atoms with Gasteiger partial charge in [-0.1, -0.05) is 42.5 Å². The monoisotopic (exact) mass is 316 g/mol. The summed E-state index contributed by atoms with van der Waals surface area (Å²) in [6, 6.07) is 17.0. The molecule has 0 radical (unpaired) electrons. The van der Waals surface area contributed by atoms with Gasteiger partial charge in [-0.15, -0.1) is 11.8 Å². The normalized spacial score (nSPS) is 11.7. The minimum absolute atomic E-state index is 0.166. The Kier molecular flexibility index (Phi) is 5.36. The second-order valence-corrected chi connectivity index (χ2v) is 5.81. The number of hydrogen-bond acceptors (Lipinski definition) is 3. The third-order valence-electron chi connectivity index (χ3n) is 3.04. The molecule has 3 nitrogen and oxygen atoms in total. The average Bonchev–Trinajstić information content (AvgIpc) is 2.49. The van der Waals surface area contributed by atoms with E-state index in [0.29, 0.717) is 0 Å². The topological polar surface area (TPSA) is 55.1 Å². The first-order valence-corrected chi connectivity index (χ1v) is 8.04. The number of hydrogen-bond donors (Lipinski definition) is 2. The molecule has 2 aromatic carbocycles. The fourth-order valence-electron chi connectivity index (χ4n) is 1.98. The molecule has 1 amide bonds. The molecule has 0 heterocycles. The molecule has 1 unspecified atom stereocenters. The van der Waals surface area contributed by atoms with Crippen molar-refractivity contribution in [3.05, 3.63) is 60.2 Å². The van der Waals surface area contributed by atoms with E-state index in [1.54, 1.807) is 11.8 Å². The number of rotatable bonds is 5. The van der Waals surface area contributed by atoms with Crippen LogP contribution in [0.15, 0.2) is 59.5 Å². The molecule has 108 valence electrons. The molecule has 0 aliphatic heterocycles. The zero-order valence-electron chi connectivity index (χ0n) is 11.6. The van der Waals surface area contributed by atoms with E-state index < -0.39 is 5.92 Å². The van der Waals surface area contributed by atoms with Crippen molar-refractivity contribution >= 4 is 40.6 Å². The van der Waals surface area contributed by atoms with Crippen molar-refractivity contribution in [2.45, 2.75) is 10.8 Å². The Morgan fingerprint density at radius 3 is 2.29 bits per heavy atom. The Morgan fingerprint density at radius 1 is 1.14 bits per heavy atom. The number of thioether (sulfide) groups is 1. The van der Waals surface area contributed by atoms with E-state index in [1.165, 1.54) is 0 Å².